The summed E-state index contributed by atoms with van der Waals surface area (Å²) in [7, 11) is -3.65. The van der Waals surface area contributed by atoms with Crippen molar-refractivity contribution in [3.8, 4) is 5.75 Å². The van der Waals surface area contributed by atoms with E-state index in [-0.39, 0.29) is 16.7 Å². The van der Waals surface area contributed by atoms with Crippen LogP contribution in [0, 0.1) is 11.8 Å². The third-order valence-electron chi connectivity index (χ3n) is 4.17. The van der Waals surface area contributed by atoms with E-state index in [2.05, 4.69) is 18.6 Å². The van der Waals surface area contributed by atoms with Crippen molar-refractivity contribution in [2.45, 2.75) is 44.0 Å². The SMILES string of the molecule is CC1CCCC(NS(=O)(=O)c2ccccc2O)C1C. The maximum absolute atomic E-state index is 12.3. The number of hydrogen-bond donors (Lipinski definition) is 2. The number of nitrogens with one attached hydrogen (secondary N) is 1. The van der Waals surface area contributed by atoms with Crippen LogP contribution in [0.4, 0.5) is 0 Å². The lowest BCUT2D eigenvalue weighted by Gasteiger charge is -2.34. The average Bonchev–Trinajstić information content (AvgIpc) is 2.35. The Bertz CT molecular complexity index is 541. The molecular formula is C14H21NO3S. The smallest absolute Gasteiger partial charge is 0.244 e. The van der Waals surface area contributed by atoms with E-state index in [1.165, 1.54) is 12.1 Å². The van der Waals surface area contributed by atoms with Gasteiger partial charge in [-0.15, -0.1) is 0 Å². The molecule has 1 aliphatic carbocycles. The number of sulfonamides is 1. The molecule has 0 radical (unpaired) electrons. The molecule has 1 saturated carbocycles. The fraction of sp³-hybridized carbons (Fsp3) is 0.571. The van der Waals surface area contributed by atoms with Gasteiger partial charge in [-0.1, -0.05) is 38.8 Å². The van der Waals surface area contributed by atoms with Gasteiger partial charge < -0.3 is 5.11 Å². The molecule has 0 amide bonds. The van der Waals surface area contributed by atoms with Gasteiger partial charge in [0.05, 0.1) is 0 Å². The van der Waals surface area contributed by atoms with Gasteiger partial charge >= 0.3 is 0 Å². The molecule has 2 N–H and O–H groups in total. The second-order valence-electron chi connectivity index (χ2n) is 5.46. The largest absolute Gasteiger partial charge is 0.507 e. The number of hydrogen-bond acceptors (Lipinski definition) is 3. The topological polar surface area (TPSA) is 66.4 Å². The van der Waals surface area contributed by atoms with Crippen LogP contribution in [0.25, 0.3) is 0 Å². The molecule has 3 atom stereocenters. The van der Waals surface area contributed by atoms with Crippen LogP contribution in [0.5, 0.6) is 5.75 Å². The second-order valence-corrected chi connectivity index (χ2v) is 7.15. The quantitative estimate of drug-likeness (QED) is 0.895. The molecule has 1 aliphatic rings. The fourth-order valence-corrected chi connectivity index (χ4v) is 4.15. The zero-order valence-corrected chi connectivity index (χ0v) is 12.2. The molecule has 0 heterocycles. The summed E-state index contributed by atoms with van der Waals surface area (Å²) in [4.78, 5) is -0.0413. The van der Waals surface area contributed by atoms with Crippen LogP contribution in [0.1, 0.15) is 33.1 Å². The highest BCUT2D eigenvalue weighted by atomic mass is 32.2. The van der Waals surface area contributed by atoms with Gasteiger partial charge in [0.25, 0.3) is 0 Å². The van der Waals surface area contributed by atoms with Crippen LogP contribution in [-0.4, -0.2) is 19.6 Å². The normalized spacial score (nSPS) is 28.2. The highest BCUT2D eigenvalue weighted by Gasteiger charge is 2.31. The number of aromatic hydroxyl groups is 1. The molecule has 3 unspecified atom stereocenters. The van der Waals surface area contributed by atoms with E-state index in [1.54, 1.807) is 12.1 Å². The zero-order valence-electron chi connectivity index (χ0n) is 11.3. The molecule has 1 aromatic carbocycles. The first-order valence-electron chi connectivity index (χ1n) is 6.72. The Labute approximate surface area is 114 Å². The number of para-hydroxylation sites is 1. The van der Waals surface area contributed by atoms with Gasteiger partial charge in [0, 0.05) is 6.04 Å². The number of phenolic OH excluding ortho intramolecular Hbond substituents is 1. The maximum Gasteiger partial charge on any atom is 0.244 e. The third-order valence-corrected chi connectivity index (χ3v) is 5.71. The molecule has 5 heteroatoms. The minimum atomic E-state index is -3.65. The predicted molar refractivity (Wildman–Crippen MR) is 74.4 cm³/mol. The van der Waals surface area contributed by atoms with E-state index in [4.69, 9.17) is 0 Å². The molecule has 1 aromatic rings. The average molecular weight is 283 g/mol. The van der Waals surface area contributed by atoms with Gasteiger partial charge in [0.15, 0.2) is 0 Å². The summed E-state index contributed by atoms with van der Waals surface area (Å²) in [6, 6.07) is 5.99. The molecule has 4 nitrogen and oxygen atoms in total. The molecule has 0 saturated heterocycles. The zero-order chi connectivity index (χ0) is 14.0. The van der Waals surface area contributed by atoms with Crippen molar-refractivity contribution >= 4 is 10.0 Å². The summed E-state index contributed by atoms with van der Waals surface area (Å²) in [5.74, 6) is 0.631. The van der Waals surface area contributed by atoms with Crippen LogP contribution in [-0.2, 0) is 10.0 Å². The fourth-order valence-electron chi connectivity index (χ4n) is 2.70. The summed E-state index contributed by atoms with van der Waals surface area (Å²) in [5.41, 5.74) is 0. The van der Waals surface area contributed by atoms with E-state index in [1.807, 2.05) is 0 Å². The Morgan fingerprint density at radius 1 is 1.21 bits per heavy atom. The molecule has 19 heavy (non-hydrogen) atoms. The number of phenols is 1. The van der Waals surface area contributed by atoms with Crippen LogP contribution in [0.2, 0.25) is 0 Å². The van der Waals surface area contributed by atoms with Crippen LogP contribution in [0.3, 0.4) is 0 Å². The van der Waals surface area contributed by atoms with E-state index in [9.17, 15) is 13.5 Å². The molecule has 1 fully saturated rings. The van der Waals surface area contributed by atoms with Crippen LogP contribution < -0.4 is 4.72 Å². The number of rotatable bonds is 3. The Morgan fingerprint density at radius 2 is 1.89 bits per heavy atom. The van der Waals surface area contributed by atoms with Gasteiger partial charge in [0.2, 0.25) is 10.0 Å². The summed E-state index contributed by atoms with van der Waals surface area (Å²) in [5, 5.41) is 9.67. The monoisotopic (exact) mass is 283 g/mol. The molecule has 0 aliphatic heterocycles. The van der Waals surface area contributed by atoms with Crippen molar-refractivity contribution < 1.29 is 13.5 Å². The Hall–Kier alpha value is -1.07. The maximum atomic E-state index is 12.3. The predicted octanol–water partition coefficient (Wildman–Crippen LogP) is 2.50. The first-order valence-corrected chi connectivity index (χ1v) is 8.20. The van der Waals surface area contributed by atoms with E-state index in [0.29, 0.717) is 11.8 Å². The van der Waals surface area contributed by atoms with Crippen LogP contribution >= 0.6 is 0 Å². The third kappa shape index (κ3) is 3.09. The highest BCUT2D eigenvalue weighted by molar-refractivity contribution is 7.89. The first kappa shape index (κ1) is 14.3. The van der Waals surface area contributed by atoms with Gasteiger partial charge in [-0.2, -0.15) is 0 Å². The molecule has 0 aromatic heterocycles. The Morgan fingerprint density at radius 3 is 2.58 bits per heavy atom. The summed E-state index contributed by atoms with van der Waals surface area (Å²) < 4.78 is 27.3. The Kier molecular flexibility index (Phi) is 4.16. The van der Waals surface area contributed by atoms with Gasteiger partial charge in [-0.05, 0) is 30.4 Å². The van der Waals surface area contributed by atoms with Crippen molar-refractivity contribution in [3.63, 3.8) is 0 Å². The standard InChI is InChI=1S/C14H21NO3S/c1-10-6-5-7-12(11(10)2)15-19(17,18)14-9-4-3-8-13(14)16/h3-4,8-12,15-16H,5-7H2,1-2H3. The van der Waals surface area contributed by atoms with Gasteiger partial charge in [-0.25, -0.2) is 13.1 Å². The van der Waals surface area contributed by atoms with Crippen molar-refractivity contribution in [2.75, 3.05) is 0 Å². The van der Waals surface area contributed by atoms with Crippen molar-refractivity contribution in [2.24, 2.45) is 11.8 Å². The molecule has 2 rings (SSSR count). The van der Waals surface area contributed by atoms with E-state index in [0.717, 1.165) is 19.3 Å². The van der Waals surface area contributed by atoms with Crippen molar-refractivity contribution in [3.05, 3.63) is 24.3 Å². The summed E-state index contributed by atoms with van der Waals surface area (Å²) in [6.07, 6.45) is 3.05. The minimum Gasteiger partial charge on any atom is -0.507 e. The van der Waals surface area contributed by atoms with E-state index < -0.39 is 10.0 Å². The lowest BCUT2D eigenvalue weighted by atomic mass is 9.78. The highest BCUT2D eigenvalue weighted by Crippen LogP contribution is 2.31. The lowest BCUT2D eigenvalue weighted by Crippen LogP contribution is -2.43. The van der Waals surface area contributed by atoms with Gasteiger partial charge in [-0.3, -0.25) is 0 Å². The van der Waals surface area contributed by atoms with Crippen molar-refractivity contribution in [1.82, 2.24) is 4.72 Å². The van der Waals surface area contributed by atoms with E-state index >= 15 is 0 Å². The molecule has 106 valence electrons. The molecule has 0 bridgehead atoms. The summed E-state index contributed by atoms with van der Waals surface area (Å²) >= 11 is 0. The first-order chi connectivity index (χ1) is 8.92. The number of benzene rings is 1. The summed E-state index contributed by atoms with van der Waals surface area (Å²) in [6.45, 7) is 4.24. The minimum absolute atomic E-state index is 0.0413. The molecule has 0 spiro atoms. The van der Waals surface area contributed by atoms with Crippen molar-refractivity contribution in [1.29, 1.82) is 0 Å². The van der Waals surface area contributed by atoms with Gasteiger partial charge in [0.1, 0.15) is 10.6 Å². The lowest BCUT2D eigenvalue weighted by molar-refractivity contribution is 0.227. The Balaban J connectivity index is 2.20. The van der Waals surface area contributed by atoms with Crippen LogP contribution in [0.15, 0.2) is 29.2 Å². The molecular weight excluding hydrogens is 262 g/mol. The second kappa shape index (κ2) is 5.51.